The summed E-state index contributed by atoms with van der Waals surface area (Å²) in [6.45, 7) is 0. The van der Waals surface area contributed by atoms with Gasteiger partial charge in [0.15, 0.2) is 15.0 Å². The Hall–Kier alpha value is -1.14. The Morgan fingerprint density at radius 2 is 2.08 bits per heavy atom. The second-order valence-corrected chi connectivity index (χ2v) is 10.4. The van der Waals surface area contributed by atoms with Crippen molar-refractivity contribution >= 4 is 66.9 Å². The van der Waals surface area contributed by atoms with Crippen LogP contribution in [0.3, 0.4) is 0 Å². The van der Waals surface area contributed by atoms with Crippen molar-refractivity contribution in [2.24, 2.45) is 4.99 Å². The molecule has 10 heteroatoms. The van der Waals surface area contributed by atoms with Crippen molar-refractivity contribution in [3.05, 3.63) is 27.8 Å². The maximum atomic E-state index is 12.0. The standard InChI is InChI=1S/C15H15IN2O5S2/c16-9-2-1-3-10(6-9)18-11-7-25(22,23)8-12(11)24-15(18)17-13(19)4-5-14(20)21/h1-3,6,11-12H,4-5,7-8H2,(H,20,21)/t11-,12+/m0/s1. The molecular weight excluding hydrogens is 479 g/mol. The van der Waals surface area contributed by atoms with Gasteiger partial charge in [-0.1, -0.05) is 17.8 Å². The van der Waals surface area contributed by atoms with E-state index in [0.29, 0.717) is 5.17 Å². The van der Waals surface area contributed by atoms with E-state index in [1.165, 1.54) is 11.8 Å². The molecule has 2 fully saturated rings. The average Bonchev–Trinajstić information content (AvgIpc) is 2.96. The first-order valence-corrected chi connectivity index (χ1v) is 11.3. The fourth-order valence-corrected chi connectivity index (χ4v) is 7.33. The third kappa shape index (κ3) is 4.34. The molecule has 0 saturated carbocycles. The van der Waals surface area contributed by atoms with Crippen molar-refractivity contribution in [2.75, 3.05) is 16.4 Å². The number of benzene rings is 1. The molecule has 3 rings (SSSR count). The molecule has 2 aliphatic heterocycles. The summed E-state index contributed by atoms with van der Waals surface area (Å²) in [4.78, 5) is 28.5. The summed E-state index contributed by atoms with van der Waals surface area (Å²) in [6, 6.07) is 7.28. The van der Waals surface area contributed by atoms with Gasteiger partial charge in [0.05, 0.1) is 24.0 Å². The molecule has 2 atom stereocenters. The number of thioether (sulfide) groups is 1. The van der Waals surface area contributed by atoms with Gasteiger partial charge in [-0.2, -0.15) is 4.99 Å². The fourth-order valence-electron chi connectivity index (χ4n) is 2.87. The zero-order chi connectivity index (χ0) is 18.2. The Labute approximate surface area is 162 Å². The summed E-state index contributed by atoms with van der Waals surface area (Å²) in [6.07, 6.45) is -0.446. The fraction of sp³-hybridized carbons (Fsp3) is 0.400. The quantitative estimate of drug-likeness (QED) is 0.637. The number of aliphatic imine (C=N–C) groups is 1. The van der Waals surface area contributed by atoms with Crippen LogP contribution in [0.4, 0.5) is 5.69 Å². The average molecular weight is 494 g/mol. The predicted octanol–water partition coefficient (Wildman–Crippen LogP) is 1.76. The molecular formula is C15H15IN2O5S2. The van der Waals surface area contributed by atoms with Gasteiger partial charge in [-0.05, 0) is 40.8 Å². The van der Waals surface area contributed by atoms with Crippen LogP contribution in [0.15, 0.2) is 29.3 Å². The Balaban J connectivity index is 1.92. The Bertz CT molecular complexity index is 855. The van der Waals surface area contributed by atoms with Crippen LogP contribution >= 0.6 is 34.4 Å². The number of amides is 1. The van der Waals surface area contributed by atoms with Gasteiger partial charge in [0.1, 0.15) is 0 Å². The largest absolute Gasteiger partial charge is 0.481 e. The lowest BCUT2D eigenvalue weighted by molar-refractivity contribution is -0.138. The number of fused-ring (bicyclic) bond motifs is 1. The highest BCUT2D eigenvalue weighted by molar-refractivity contribution is 14.1. The normalized spacial score (nSPS) is 26.0. The van der Waals surface area contributed by atoms with E-state index in [1.54, 1.807) is 4.90 Å². The first-order valence-electron chi connectivity index (χ1n) is 7.50. The van der Waals surface area contributed by atoms with Gasteiger partial charge >= 0.3 is 5.97 Å². The second-order valence-electron chi connectivity index (χ2n) is 5.83. The lowest BCUT2D eigenvalue weighted by Gasteiger charge is -2.24. The van der Waals surface area contributed by atoms with Crippen LogP contribution in [-0.4, -0.2) is 53.4 Å². The Kier molecular flexibility index (Phi) is 5.40. The third-order valence-corrected chi connectivity index (χ3v) is 7.81. The molecule has 1 amide bonds. The zero-order valence-corrected chi connectivity index (χ0v) is 16.8. The van der Waals surface area contributed by atoms with E-state index < -0.39 is 21.7 Å². The number of carboxylic acids is 1. The zero-order valence-electron chi connectivity index (χ0n) is 13.0. The molecule has 1 aromatic rings. The minimum Gasteiger partial charge on any atom is -0.481 e. The number of nitrogens with zero attached hydrogens (tertiary/aromatic N) is 2. The molecule has 1 N–H and O–H groups in total. The van der Waals surface area contributed by atoms with Crippen LogP contribution in [-0.2, 0) is 19.4 Å². The minimum atomic E-state index is -3.11. The van der Waals surface area contributed by atoms with Crippen molar-refractivity contribution in [3.63, 3.8) is 0 Å². The number of rotatable bonds is 4. The van der Waals surface area contributed by atoms with Gasteiger partial charge in [-0.15, -0.1) is 0 Å². The van der Waals surface area contributed by atoms with E-state index in [4.69, 9.17) is 5.11 Å². The highest BCUT2D eigenvalue weighted by atomic mass is 127. The van der Waals surface area contributed by atoms with E-state index >= 15 is 0 Å². The molecule has 2 saturated heterocycles. The van der Waals surface area contributed by atoms with Gasteiger partial charge in [-0.25, -0.2) is 8.42 Å². The maximum Gasteiger partial charge on any atom is 0.303 e. The lowest BCUT2D eigenvalue weighted by Crippen LogP contribution is -2.37. The monoisotopic (exact) mass is 494 g/mol. The van der Waals surface area contributed by atoms with Crippen molar-refractivity contribution in [3.8, 4) is 0 Å². The van der Waals surface area contributed by atoms with Gasteiger partial charge in [0, 0.05) is 20.9 Å². The summed E-state index contributed by atoms with van der Waals surface area (Å²) in [5, 5.41) is 8.96. The molecule has 0 radical (unpaired) electrons. The molecule has 0 aliphatic carbocycles. The number of carbonyl (C=O) groups is 2. The van der Waals surface area contributed by atoms with E-state index in [2.05, 4.69) is 27.6 Å². The van der Waals surface area contributed by atoms with Gasteiger partial charge in [0.25, 0.3) is 0 Å². The number of aliphatic carboxylic acids is 1. The van der Waals surface area contributed by atoms with Crippen LogP contribution in [0, 0.1) is 3.57 Å². The molecule has 2 aliphatic rings. The summed E-state index contributed by atoms with van der Waals surface area (Å²) in [5.41, 5.74) is 0.786. The van der Waals surface area contributed by atoms with E-state index in [-0.39, 0.29) is 35.6 Å². The van der Waals surface area contributed by atoms with E-state index in [9.17, 15) is 18.0 Å². The number of carbonyl (C=O) groups excluding carboxylic acids is 1. The maximum absolute atomic E-state index is 12.0. The first kappa shape index (κ1) is 18.6. The molecule has 0 spiro atoms. The number of hydrogen-bond acceptors (Lipinski definition) is 5. The summed E-state index contributed by atoms with van der Waals surface area (Å²) in [7, 11) is -3.11. The number of halogens is 1. The van der Waals surface area contributed by atoms with Gasteiger partial charge < -0.3 is 10.0 Å². The summed E-state index contributed by atoms with van der Waals surface area (Å²) >= 11 is 3.45. The lowest BCUT2D eigenvalue weighted by atomic mass is 10.2. The first-order chi connectivity index (χ1) is 11.7. The number of sulfone groups is 1. The van der Waals surface area contributed by atoms with E-state index in [1.807, 2.05) is 24.3 Å². The van der Waals surface area contributed by atoms with Crippen LogP contribution in [0.2, 0.25) is 0 Å². The highest BCUT2D eigenvalue weighted by Crippen LogP contribution is 2.41. The molecule has 0 aromatic heterocycles. The van der Waals surface area contributed by atoms with Crippen molar-refractivity contribution in [1.82, 2.24) is 0 Å². The number of amidine groups is 1. The Morgan fingerprint density at radius 1 is 1.32 bits per heavy atom. The number of carboxylic acid groups (broad SMARTS) is 1. The molecule has 0 bridgehead atoms. The molecule has 0 unspecified atom stereocenters. The SMILES string of the molecule is O=C(O)CCC(=O)N=C1S[C@@H]2CS(=O)(=O)C[C@@H]2N1c1cccc(I)c1. The topological polar surface area (TPSA) is 104 Å². The van der Waals surface area contributed by atoms with Crippen LogP contribution in [0.5, 0.6) is 0 Å². The minimum absolute atomic E-state index is 0.0263. The summed E-state index contributed by atoms with van der Waals surface area (Å²) < 4.78 is 24.9. The van der Waals surface area contributed by atoms with Crippen LogP contribution < -0.4 is 4.90 Å². The van der Waals surface area contributed by atoms with Gasteiger partial charge in [-0.3, -0.25) is 9.59 Å². The van der Waals surface area contributed by atoms with Crippen LogP contribution in [0.1, 0.15) is 12.8 Å². The molecule has 7 nitrogen and oxygen atoms in total. The smallest absolute Gasteiger partial charge is 0.303 e. The number of anilines is 1. The molecule has 25 heavy (non-hydrogen) atoms. The Morgan fingerprint density at radius 3 is 2.76 bits per heavy atom. The number of hydrogen-bond donors (Lipinski definition) is 1. The van der Waals surface area contributed by atoms with Gasteiger partial charge in [0.2, 0.25) is 5.91 Å². The highest BCUT2D eigenvalue weighted by Gasteiger charge is 2.49. The van der Waals surface area contributed by atoms with E-state index in [0.717, 1.165) is 9.26 Å². The molecule has 134 valence electrons. The van der Waals surface area contributed by atoms with Crippen molar-refractivity contribution < 1.29 is 23.1 Å². The molecule has 1 aromatic carbocycles. The second kappa shape index (κ2) is 7.23. The van der Waals surface area contributed by atoms with Crippen molar-refractivity contribution in [2.45, 2.75) is 24.1 Å². The third-order valence-electron chi connectivity index (χ3n) is 3.93. The predicted molar refractivity (Wildman–Crippen MR) is 105 cm³/mol. The van der Waals surface area contributed by atoms with Crippen LogP contribution in [0.25, 0.3) is 0 Å². The van der Waals surface area contributed by atoms with Crippen molar-refractivity contribution in [1.29, 1.82) is 0 Å². The summed E-state index contributed by atoms with van der Waals surface area (Å²) in [5.74, 6) is -1.47. The molecule has 2 heterocycles.